The van der Waals surface area contributed by atoms with Crippen LogP contribution in [0.15, 0.2) is 0 Å². The summed E-state index contributed by atoms with van der Waals surface area (Å²) in [4.78, 5) is 0. The number of rotatable bonds is 4. The van der Waals surface area contributed by atoms with E-state index in [1.165, 1.54) is 7.11 Å². The van der Waals surface area contributed by atoms with Gasteiger partial charge in [0.25, 0.3) is 0 Å². The zero-order valence-electron chi connectivity index (χ0n) is 7.40. The fourth-order valence-electron chi connectivity index (χ4n) is 0.640. The van der Waals surface area contributed by atoms with Crippen molar-refractivity contribution in [2.45, 2.75) is 5.44 Å². The highest BCUT2D eigenvalue weighted by Gasteiger charge is 2.20. The highest BCUT2D eigenvalue weighted by atomic mass is 32.2. The van der Waals surface area contributed by atoms with Crippen LogP contribution in [0.2, 0.25) is 0 Å². The highest BCUT2D eigenvalue weighted by molar-refractivity contribution is 7.80. The summed E-state index contributed by atoms with van der Waals surface area (Å²) in [6, 6.07) is 0. The van der Waals surface area contributed by atoms with Crippen molar-refractivity contribution in [3.8, 4) is 0 Å². The maximum Gasteiger partial charge on any atom is 0.204 e. The fraction of sp³-hybridized carbons (Fsp3) is 1.00. The standard InChI is InChI=1S/C6H16NO3S/c1-7(2,3)5-6(8)11(9)10-4/h6,8H,5H2,1-4H3/q+1. The average molecular weight is 182 g/mol. The van der Waals surface area contributed by atoms with E-state index in [4.69, 9.17) is 0 Å². The second-order valence-electron chi connectivity index (χ2n) is 3.35. The molecule has 0 rings (SSSR count). The number of quaternary nitrogens is 1. The number of nitrogens with zero attached hydrogens (tertiary/aromatic N) is 1. The minimum Gasteiger partial charge on any atom is -0.373 e. The Balaban J connectivity index is 3.87. The number of likely N-dealkylation sites (N-methyl/N-ethyl adjacent to an activating group) is 1. The van der Waals surface area contributed by atoms with Crippen LogP contribution >= 0.6 is 0 Å². The lowest BCUT2D eigenvalue weighted by atomic mass is 10.5. The summed E-state index contributed by atoms with van der Waals surface area (Å²) in [5.74, 6) is 0. The van der Waals surface area contributed by atoms with Gasteiger partial charge in [-0.2, -0.15) is 0 Å². The molecule has 0 saturated carbocycles. The number of aliphatic hydroxyl groups is 1. The zero-order chi connectivity index (χ0) is 9.07. The van der Waals surface area contributed by atoms with Crippen LogP contribution in [-0.4, -0.2) is 54.0 Å². The van der Waals surface area contributed by atoms with E-state index in [1.54, 1.807) is 0 Å². The molecule has 2 unspecified atom stereocenters. The summed E-state index contributed by atoms with van der Waals surface area (Å²) in [5, 5.41) is 9.21. The molecule has 0 aromatic carbocycles. The van der Waals surface area contributed by atoms with Gasteiger partial charge < -0.3 is 9.59 Å². The smallest absolute Gasteiger partial charge is 0.204 e. The van der Waals surface area contributed by atoms with E-state index >= 15 is 0 Å². The molecule has 0 radical (unpaired) electrons. The lowest BCUT2D eigenvalue weighted by Crippen LogP contribution is -2.43. The molecule has 0 aliphatic rings. The van der Waals surface area contributed by atoms with Crippen LogP contribution in [0.5, 0.6) is 0 Å². The second kappa shape index (κ2) is 4.15. The molecule has 0 aliphatic heterocycles. The van der Waals surface area contributed by atoms with Crippen molar-refractivity contribution >= 4 is 11.1 Å². The van der Waals surface area contributed by atoms with Crippen LogP contribution in [0.25, 0.3) is 0 Å². The van der Waals surface area contributed by atoms with Crippen molar-refractivity contribution in [1.29, 1.82) is 0 Å². The second-order valence-corrected chi connectivity index (χ2v) is 4.75. The summed E-state index contributed by atoms with van der Waals surface area (Å²) in [5.41, 5.74) is -0.903. The third kappa shape index (κ3) is 5.32. The van der Waals surface area contributed by atoms with E-state index in [9.17, 15) is 9.32 Å². The van der Waals surface area contributed by atoms with Crippen LogP contribution in [0.4, 0.5) is 0 Å². The van der Waals surface area contributed by atoms with Gasteiger partial charge in [-0.1, -0.05) is 0 Å². The lowest BCUT2D eigenvalue weighted by molar-refractivity contribution is -0.871. The van der Waals surface area contributed by atoms with Crippen molar-refractivity contribution in [3.05, 3.63) is 0 Å². The maximum atomic E-state index is 10.8. The first-order valence-electron chi connectivity index (χ1n) is 3.30. The predicted molar refractivity (Wildman–Crippen MR) is 44.1 cm³/mol. The zero-order valence-corrected chi connectivity index (χ0v) is 8.22. The monoisotopic (exact) mass is 182 g/mol. The molecule has 4 nitrogen and oxygen atoms in total. The molecule has 11 heavy (non-hydrogen) atoms. The van der Waals surface area contributed by atoms with Gasteiger partial charge in [-0.15, -0.1) is 0 Å². The van der Waals surface area contributed by atoms with Gasteiger partial charge in [-0.3, -0.25) is 4.18 Å². The topological polar surface area (TPSA) is 46.5 Å². The first-order valence-corrected chi connectivity index (χ1v) is 4.44. The van der Waals surface area contributed by atoms with Crippen molar-refractivity contribution < 1.29 is 18.0 Å². The van der Waals surface area contributed by atoms with Crippen molar-refractivity contribution in [3.63, 3.8) is 0 Å². The summed E-state index contributed by atoms with van der Waals surface area (Å²) in [7, 11) is 7.05. The Hall–Kier alpha value is 0.0300. The summed E-state index contributed by atoms with van der Waals surface area (Å²) in [6.45, 7) is 0.417. The van der Waals surface area contributed by atoms with E-state index in [2.05, 4.69) is 4.18 Å². The van der Waals surface area contributed by atoms with Gasteiger partial charge >= 0.3 is 0 Å². The number of hydrogen-bond acceptors (Lipinski definition) is 3. The largest absolute Gasteiger partial charge is 0.373 e. The number of hydrogen-bond donors (Lipinski definition) is 1. The van der Waals surface area contributed by atoms with Crippen LogP contribution in [0.1, 0.15) is 0 Å². The van der Waals surface area contributed by atoms with E-state index in [0.29, 0.717) is 11.0 Å². The molecule has 0 fully saturated rings. The minimum absolute atomic E-state index is 0.417. The molecule has 0 aliphatic carbocycles. The Morgan fingerprint density at radius 2 is 2.00 bits per heavy atom. The summed E-state index contributed by atoms with van der Waals surface area (Å²) < 4.78 is 15.9. The number of aliphatic hydroxyl groups excluding tert-OH is 1. The quantitative estimate of drug-likeness (QED) is 0.586. The molecule has 2 atom stereocenters. The van der Waals surface area contributed by atoms with Crippen LogP contribution in [-0.2, 0) is 15.3 Å². The average Bonchev–Trinajstić information content (AvgIpc) is 1.82. The van der Waals surface area contributed by atoms with Crippen molar-refractivity contribution in [2.24, 2.45) is 0 Å². The van der Waals surface area contributed by atoms with Crippen LogP contribution < -0.4 is 0 Å². The third-order valence-electron chi connectivity index (χ3n) is 1.09. The molecule has 0 bridgehead atoms. The summed E-state index contributed by atoms with van der Waals surface area (Å²) in [6.07, 6.45) is 0. The Morgan fingerprint density at radius 3 is 2.27 bits per heavy atom. The molecular formula is C6H16NO3S+. The summed E-state index contributed by atoms with van der Waals surface area (Å²) >= 11 is -1.58. The van der Waals surface area contributed by atoms with Gasteiger partial charge in [0.15, 0.2) is 11.1 Å². The van der Waals surface area contributed by atoms with Crippen LogP contribution in [0.3, 0.4) is 0 Å². The van der Waals surface area contributed by atoms with E-state index in [1.807, 2.05) is 21.1 Å². The Bertz CT molecular complexity index is 143. The lowest BCUT2D eigenvalue weighted by Gasteiger charge is -2.25. The normalized spacial score (nSPS) is 17.9. The molecule has 0 heterocycles. The maximum absolute atomic E-state index is 10.8. The minimum atomic E-state index is -1.58. The van der Waals surface area contributed by atoms with Gasteiger partial charge in [-0.05, 0) is 0 Å². The molecule has 5 heteroatoms. The SMILES string of the molecule is COS(=O)C(O)C[N+](C)(C)C. The van der Waals surface area contributed by atoms with Gasteiger partial charge in [0.05, 0.1) is 28.3 Å². The molecular weight excluding hydrogens is 166 g/mol. The fourth-order valence-corrected chi connectivity index (χ4v) is 1.43. The van der Waals surface area contributed by atoms with Gasteiger partial charge in [0, 0.05) is 0 Å². The highest BCUT2D eigenvalue weighted by Crippen LogP contribution is 1.99. The molecule has 0 amide bonds. The van der Waals surface area contributed by atoms with Crippen molar-refractivity contribution in [1.82, 2.24) is 0 Å². The first kappa shape index (κ1) is 11.0. The molecule has 0 aromatic rings. The van der Waals surface area contributed by atoms with Crippen LogP contribution in [0, 0.1) is 0 Å². The third-order valence-corrected chi connectivity index (χ3v) is 2.01. The Morgan fingerprint density at radius 1 is 1.55 bits per heavy atom. The Labute approximate surface area is 70.0 Å². The van der Waals surface area contributed by atoms with Gasteiger partial charge in [-0.25, -0.2) is 4.21 Å². The molecule has 0 aromatic heterocycles. The Kier molecular flexibility index (Phi) is 4.17. The van der Waals surface area contributed by atoms with E-state index in [0.717, 1.165) is 0 Å². The van der Waals surface area contributed by atoms with E-state index in [-0.39, 0.29) is 0 Å². The predicted octanol–water partition coefficient (Wildman–Crippen LogP) is -0.679. The van der Waals surface area contributed by atoms with Crippen molar-refractivity contribution in [2.75, 3.05) is 34.8 Å². The van der Waals surface area contributed by atoms with Gasteiger partial charge in [0.2, 0.25) is 5.44 Å². The van der Waals surface area contributed by atoms with Gasteiger partial charge in [0.1, 0.15) is 6.54 Å². The molecule has 68 valence electrons. The van der Waals surface area contributed by atoms with E-state index < -0.39 is 16.5 Å². The first-order chi connectivity index (χ1) is 4.87. The molecule has 0 saturated heterocycles. The molecule has 1 N–H and O–H groups in total. The molecule has 0 spiro atoms.